The fourth-order valence-corrected chi connectivity index (χ4v) is 2.52. The Balaban J connectivity index is 1.51. The van der Waals surface area contributed by atoms with E-state index in [0.29, 0.717) is 6.61 Å². The monoisotopic (exact) mass is 233 g/mol. The zero-order valence-electron chi connectivity index (χ0n) is 10.5. The molecule has 2 heteroatoms. The van der Waals surface area contributed by atoms with Crippen LogP contribution in [0.5, 0.6) is 0 Å². The van der Waals surface area contributed by atoms with Crippen LogP contribution in [0.1, 0.15) is 44.1 Å². The van der Waals surface area contributed by atoms with Crippen LogP contribution in [0.15, 0.2) is 30.3 Å². The van der Waals surface area contributed by atoms with Crippen molar-refractivity contribution in [2.75, 3.05) is 6.54 Å². The van der Waals surface area contributed by atoms with Crippen molar-refractivity contribution in [3.05, 3.63) is 35.9 Å². The molecule has 0 radical (unpaired) electrons. The molecule has 0 amide bonds. The van der Waals surface area contributed by atoms with E-state index in [4.69, 9.17) is 4.84 Å². The number of rotatable bonds is 6. The summed E-state index contributed by atoms with van der Waals surface area (Å²) in [6.07, 6.45) is 8.38. The van der Waals surface area contributed by atoms with E-state index in [-0.39, 0.29) is 0 Å². The van der Waals surface area contributed by atoms with Crippen molar-refractivity contribution in [3.63, 3.8) is 0 Å². The summed E-state index contributed by atoms with van der Waals surface area (Å²) in [5, 5.41) is 0. The second-order valence-corrected chi connectivity index (χ2v) is 4.96. The molecule has 2 nitrogen and oxygen atoms in total. The Hall–Kier alpha value is -0.860. The summed E-state index contributed by atoms with van der Waals surface area (Å²) in [7, 11) is 0. The lowest BCUT2D eigenvalue weighted by Crippen LogP contribution is -2.19. The lowest BCUT2D eigenvalue weighted by Gasteiger charge is -2.21. The zero-order valence-corrected chi connectivity index (χ0v) is 10.5. The van der Waals surface area contributed by atoms with Crippen LogP contribution in [-0.2, 0) is 11.4 Å². The second kappa shape index (κ2) is 7.46. The molecule has 0 heterocycles. The molecule has 0 saturated heterocycles. The Morgan fingerprint density at radius 3 is 2.59 bits per heavy atom. The Morgan fingerprint density at radius 1 is 1.06 bits per heavy atom. The molecule has 1 saturated carbocycles. The number of hydrogen-bond acceptors (Lipinski definition) is 2. The van der Waals surface area contributed by atoms with Crippen molar-refractivity contribution < 1.29 is 4.84 Å². The summed E-state index contributed by atoms with van der Waals surface area (Å²) in [4.78, 5) is 5.46. The maximum atomic E-state index is 5.46. The summed E-state index contributed by atoms with van der Waals surface area (Å²) >= 11 is 0. The number of benzene rings is 1. The Labute approximate surface area is 104 Å². The average Bonchev–Trinajstić information content (AvgIpc) is 2.41. The van der Waals surface area contributed by atoms with E-state index in [1.54, 1.807) is 0 Å². The minimum absolute atomic E-state index is 0.658. The van der Waals surface area contributed by atoms with Crippen molar-refractivity contribution in [1.82, 2.24) is 5.48 Å². The molecule has 1 aromatic rings. The van der Waals surface area contributed by atoms with E-state index in [1.165, 1.54) is 44.1 Å². The van der Waals surface area contributed by atoms with Crippen molar-refractivity contribution in [3.8, 4) is 0 Å². The first-order valence-electron chi connectivity index (χ1n) is 6.84. The summed E-state index contributed by atoms with van der Waals surface area (Å²) in [5.41, 5.74) is 4.30. The third kappa shape index (κ3) is 4.88. The molecule has 0 aromatic heterocycles. The van der Waals surface area contributed by atoms with Crippen LogP contribution in [0, 0.1) is 5.92 Å². The highest BCUT2D eigenvalue weighted by molar-refractivity contribution is 5.13. The van der Waals surface area contributed by atoms with Gasteiger partial charge in [0.25, 0.3) is 0 Å². The van der Waals surface area contributed by atoms with Gasteiger partial charge in [-0.1, -0.05) is 62.4 Å². The summed E-state index contributed by atoms with van der Waals surface area (Å²) < 4.78 is 0. The second-order valence-electron chi connectivity index (χ2n) is 4.96. The van der Waals surface area contributed by atoms with E-state index in [0.717, 1.165) is 12.5 Å². The molecule has 0 aliphatic heterocycles. The van der Waals surface area contributed by atoms with Crippen LogP contribution in [0.4, 0.5) is 0 Å². The molecule has 1 N–H and O–H groups in total. The normalized spacial score (nSPS) is 17.2. The maximum Gasteiger partial charge on any atom is 0.0933 e. The summed E-state index contributed by atoms with van der Waals surface area (Å²) in [6.45, 7) is 1.64. The highest BCUT2D eigenvalue weighted by Crippen LogP contribution is 2.25. The van der Waals surface area contributed by atoms with Crippen LogP contribution < -0.4 is 5.48 Å². The molecule has 0 unspecified atom stereocenters. The fourth-order valence-electron chi connectivity index (χ4n) is 2.52. The zero-order chi connectivity index (χ0) is 11.8. The molecule has 0 bridgehead atoms. The van der Waals surface area contributed by atoms with Crippen LogP contribution in [0.3, 0.4) is 0 Å². The van der Waals surface area contributed by atoms with E-state index in [1.807, 2.05) is 18.2 Å². The highest BCUT2D eigenvalue weighted by atomic mass is 16.6. The van der Waals surface area contributed by atoms with E-state index >= 15 is 0 Å². The van der Waals surface area contributed by atoms with Gasteiger partial charge in [0, 0.05) is 6.54 Å². The molecule has 0 atom stereocenters. The topological polar surface area (TPSA) is 21.3 Å². The molecule has 1 aliphatic rings. The molecule has 1 aromatic carbocycles. The van der Waals surface area contributed by atoms with Gasteiger partial charge < -0.3 is 0 Å². The average molecular weight is 233 g/mol. The fraction of sp³-hybridized carbons (Fsp3) is 0.600. The molecule has 94 valence electrons. The molecule has 1 aliphatic carbocycles. The lowest BCUT2D eigenvalue weighted by molar-refractivity contribution is 0.0242. The third-order valence-electron chi connectivity index (χ3n) is 3.56. The van der Waals surface area contributed by atoms with Gasteiger partial charge in [-0.3, -0.25) is 4.84 Å². The highest BCUT2D eigenvalue weighted by Gasteiger charge is 2.12. The SMILES string of the molecule is c1ccc(CONCCC2CCCCC2)cc1. The van der Waals surface area contributed by atoms with Crippen molar-refractivity contribution in [1.29, 1.82) is 0 Å². The molecule has 2 rings (SSSR count). The largest absolute Gasteiger partial charge is 0.297 e. The van der Waals surface area contributed by atoms with Gasteiger partial charge in [-0.25, -0.2) is 5.48 Å². The number of hydroxylamine groups is 1. The maximum absolute atomic E-state index is 5.46. The van der Waals surface area contributed by atoms with Crippen molar-refractivity contribution in [2.24, 2.45) is 5.92 Å². The summed E-state index contributed by atoms with van der Waals surface area (Å²) in [6, 6.07) is 10.3. The van der Waals surface area contributed by atoms with Gasteiger partial charge in [-0.05, 0) is 17.9 Å². The molecule has 1 fully saturated rings. The Kier molecular flexibility index (Phi) is 5.53. The van der Waals surface area contributed by atoms with Crippen LogP contribution in [0.25, 0.3) is 0 Å². The minimum atomic E-state index is 0.658. The van der Waals surface area contributed by atoms with Gasteiger partial charge in [0.1, 0.15) is 0 Å². The van der Waals surface area contributed by atoms with Crippen molar-refractivity contribution in [2.45, 2.75) is 45.1 Å². The molecule has 17 heavy (non-hydrogen) atoms. The van der Waals surface area contributed by atoms with Gasteiger partial charge in [0.15, 0.2) is 0 Å². The number of hydrogen-bond donors (Lipinski definition) is 1. The van der Waals surface area contributed by atoms with Gasteiger partial charge in [0.2, 0.25) is 0 Å². The smallest absolute Gasteiger partial charge is 0.0933 e. The first kappa shape index (κ1) is 12.6. The van der Waals surface area contributed by atoms with Gasteiger partial charge in [0.05, 0.1) is 6.61 Å². The van der Waals surface area contributed by atoms with E-state index in [2.05, 4.69) is 17.6 Å². The standard InChI is InChI=1S/C15H23NO/c1-3-7-14(8-4-1)11-12-16-17-13-15-9-5-2-6-10-15/h2,5-6,9-10,14,16H,1,3-4,7-8,11-13H2. The Bertz CT molecular complexity index is 293. The quantitative estimate of drug-likeness (QED) is 0.598. The van der Waals surface area contributed by atoms with Crippen LogP contribution in [-0.4, -0.2) is 6.54 Å². The molecule has 0 spiro atoms. The van der Waals surface area contributed by atoms with Crippen LogP contribution in [0.2, 0.25) is 0 Å². The van der Waals surface area contributed by atoms with Gasteiger partial charge in [-0.15, -0.1) is 0 Å². The predicted molar refractivity (Wildman–Crippen MR) is 70.4 cm³/mol. The van der Waals surface area contributed by atoms with Crippen LogP contribution >= 0.6 is 0 Å². The molecular formula is C15H23NO. The van der Waals surface area contributed by atoms with Gasteiger partial charge >= 0.3 is 0 Å². The predicted octanol–water partition coefficient (Wildman–Crippen LogP) is 3.68. The van der Waals surface area contributed by atoms with Crippen molar-refractivity contribution >= 4 is 0 Å². The van der Waals surface area contributed by atoms with E-state index < -0.39 is 0 Å². The third-order valence-corrected chi connectivity index (χ3v) is 3.56. The minimum Gasteiger partial charge on any atom is -0.297 e. The molecular weight excluding hydrogens is 210 g/mol. The summed E-state index contributed by atoms with van der Waals surface area (Å²) in [5.74, 6) is 0.927. The van der Waals surface area contributed by atoms with E-state index in [9.17, 15) is 0 Å². The first-order valence-corrected chi connectivity index (χ1v) is 6.84. The number of nitrogens with one attached hydrogen (secondary N) is 1. The first-order chi connectivity index (χ1) is 8.45. The lowest BCUT2D eigenvalue weighted by atomic mass is 9.87. The van der Waals surface area contributed by atoms with Gasteiger partial charge in [-0.2, -0.15) is 0 Å². The Morgan fingerprint density at radius 2 is 1.82 bits per heavy atom.